The Balaban J connectivity index is 2.07. The van der Waals surface area contributed by atoms with Crippen LogP contribution in [0.3, 0.4) is 0 Å². The zero-order valence-electron chi connectivity index (χ0n) is 8.67. The highest BCUT2D eigenvalue weighted by Gasteiger charge is 2.16. The second kappa shape index (κ2) is 6.39. The van der Waals surface area contributed by atoms with Crippen LogP contribution >= 0.6 is 0 Å². The molecule has 0 bridgehead atoms. The minimum Gasteiger partial charge on any atom is -0.368 e. The summed E-state index contributed by atoms with van der Waals surface area (Å²) in [5, 5.41) is 9.51. The highest BCUT2D eigenvalue weighted by molar-refractivity contribution is 4.65. The summed E-state index contributed by atoms with van der Waals surface area (Å²) >= 11 is 0. The van der Waals surface area contributed by atoms with E-state index < -0.39 is 6.29 Å². The Bertz CT molecular complexity index is 119. The molecule has 0 aromatic carbocycles. The molecular formula is C11H22O2. The molecule has 0 aromatic rings. The molecular weight excluding hydrogens is 164 g/mol. The lowest BCUT2D eigenvalue weighted by Gasteiger charge is -2.24. The molecule has 2 heteroatoms. The van der Waals surface area contributed by atoms with Crippen LogP contribution in [0, 0.1) is 0 Å². The van der Waals surface area contributed by atoms with Crippen LogP contribution in [0.1, 0.15) is 58.3 Å². The van der Waals surface area contributed by atoms with Gasteiger partial charge < -0.3 is 9.84 Å². The van der Waals surface area contributed by atoms with Gasteiger partial charge in [0.25, 0.3) is 0 Å². The molecule has 0 aromatic heterocycles. The highest BCUT2D eigenvalue weighted by Crippen LogP contribution is 2.21. The van der Waals surface area contributed by atoms with Gasteiger partial charge >= 0.3 is 0 Å². The van der Waals surface area contributed by atoms with Gasteiger partial charge in [-0.25, -0.2) is 0 Å². The van der Waals surface area contributed by atoms with Crippen molar-refractivity contribution in [2.45, 2.75) is 70.7 Å². The first kappa shape index (κ1) is 11.0. The zero-order valence-corrected chi connectivity index (χ0v) is 8.67. The molecule has 1 fully saturated rings. The summed E-state index contributed by atoms with van der Waals surface area (Å²) in [7, 11) is 0. The first-order chi connectivity index (χ1) is 6.33. The molecule has 2 nitrogen and oxygen atoms in total. The molecule has 0 heterocycles. The fourth-order valence-corrected chi connectivity index (χ4v) is 1.87. The number of unbranched alkanes of at least 4 members (excludes halogenated alkanes) is 1. The minimum absolute atomic E-state index is 0.334. The van der Waals surface area contributed by atoms with E-state index in [9.17, 15) is 5.11 Å². The van der Waals surface area contributed by atoms with Gasteiger partial charge in [-0.3, -0.25) is 0 Å². The Hall–Kier alpha value is -0.0800. The molecule has 1 N–H and O–H groups in total. The lowest BCUT2D eigenvalue weighted by Crippen LogP contribution is -2.23. The van der Waals surface area contributed by atoms with Crippen molar-refractivity contribution >= 4 is 0 Å². The lowest BCUT2D eigenvalue weighted by atomic mass is 9.98. The van der Waals surface area contributed by atoms with E-state index >= 15 is 0 Å². The summed E-state index contributed by atoms with van der Waals surface area (Å²) in [6.07, 6.45) is 8.98. The average molecular weight is 186 g/mol. The molecule has 0 aliphatic heterocycles. The monoisotopic (exact) mass is 186 g/mol. The molecule has 1 aliphatic carbocycles. The third-order valence-corrected chi connectivity index (χ3v) is 2.71. The number of hydrogen-bond donors (Lipinski definition) is 1. The van der Waals surface area contributed by atoms with Crippen molar-refractivity contribution in [3.8, 4) is 0 Å². The van der Waals surface area contributed by atoms with Crippen LogP contribution in [0.5, 0.6) is 0 Å². The highest BCUT2D eigenvalue weighted by atomic mass is 16.6. The molecule has 0 radical (unpaired) electrons. The third kappa shape index (κ3) is 4.63. The smallest absolute Gasteiger partial charge is 0.154 e. The molecule has 1 saturated carbocycles. The normalized spacial score (nSPS) is 21.7. The second-order valence-corrected chi connectivity index (χ2v) is 3.99. The summed E-state index contributed by atoms with van der Waals surface area (Å²) in [5.41, 5.74) is 0. The standard InChI is InChI=1S/C11H22O2/c1-2-3-9-11(12)13-10-7-5-4-6-8-10/h10-12H,2-9H2,1H3. The number of rotatable bonds is 5. The van der Waals surface area contributed by atoms with E-state index in [-0.39, 0.29) is 0 Å². The Labute approximate surface area is 81.3 Å². The molecule has 0 spiro atoms. The topological polar surface area (TPSA) is 29.5 Å². The Morgan fingerprint density at radius 3 is 2.62 bits per heavy atom. The maximum atomic E-state index is 9.51. The summed E-state index contributed by atoms with van der Waals surface area (Å²) in [6, 6.07) is 0. The van der Waals surface area contributed by atoms with Crippen LogP contribution in [0.4, 0.5) is 0 Å². The third-order valence-electron chi connectivity index (χ3n) is 2.71. The van der Waals surface area contributed by atoms with Gasteiger partial charge in [-0.1, -0.05) is 32.6 Å². The van der Waals surface area contributed by atoms with Crippen LogP contribution < -0.4 is 0 Å². The van der Waals surface area contributed by atoms with Gasteiger partial charge in [0.05, 0.1) is 6.10 Å². The van der Waals surface area contributed by atoms with E-state index in [0.717, 1.165) is 32.1 Å². The summed E-state index contributed by atoms with van der Waals surface area (Å²) in [6.45, 7) is 2.13. The minimum atomic E-state index is -0.511. The van der Waals surface area contributed by atoms with Crippen molar-refractivity contribution in [1.29, 1.82) is 0 Å². The molecule has 1 atom stereocenters. The molecule has 13 heavy (non-hydrogen) atoms. The van der Waals surface area contributed by atoms with Gasteiger partial charge in [-0.05, 0) is 25.7 Å². The van der Waals surface area contributed by atoms with E-state index in [0.29, 0.717) is 6.10 Å². The SMILES string of the molecule is CCCCC(O)OC1CCCCC1. The van der Waals surface area contributed by atoms with Gasteiger partial charge in [0, 0.05) is 0 Å². The zero-order chi connectivity index (χ0) is 9.52. The van der Waals surface area contributed by atoms with Gasteiger partial charge in [0.15, 0.2) is 6.29 Å². The molecule has 0 amide bonds. The van der Waals surface area contributed by atoms with Crippen molar-refractivity contribution in [1.82, 2.24) is 0 Å². The van der Waals surface area contributed by atoms with E-state index in [2.05, 4.69) is 6.92 Å². The molecule has 0 saturated heterocycles. The van der Waals surface area contributed by atoms with Gasteiger partial charge in [-0.15, -0.1) is 0 Å². The summed E-state index contributed by atoms with van der Waals surface area (Å²) < 4.78 is 5.55. The Kier molecular flexibility index (Phi) is 5.40. The molecule has 78 valence electrons. The fourth-order valence-electron chi connectivity index (χ4n) is 1.87. The lowest BCUT2D eigenvalue weighted by molar-refractivity contribution is -0.147. The van der Waals surface area contributed by atoms with E-state index in [1.165, 1.54) is 19.3 Å². The van der Waals surface area contributed by atoms with E-state index in [1.54, 1.807) is 0 Å². The predicted octanol–water partition coefficient (Wildman–Crippen LogP) is 2.84. The van der Waals surface area contributed by atoms with Crippen LogP contribution in [-0.2, 0) is 4.74 Å². The van der Waals surface area contributed by atoms with Crippen molar-refractivity contribution in [2.75, 3.05) is 0 Å². The molecule has 1 rings (SSSR count). The quantitative estimate of drug-likeness (QED) is 0.669. The Morgan fingerprint density at radius 2 is 2.00 bits per heavy atom. The van der Waals surface area contributed by atoms with Crippen LogP contribution in [0.25, 0.3) is 0 Å². The maximum absolute atomic E-state index is 9.51. The summed E-state index contributed by atoms with van der Waals surface area (Å²) in [5.74, 6) is 0. The summed E-state index contributed by atoms with van der Waals surface area (Å²) in [4.78, 5) is 0. The van der Waals surface area contributed by atoms with Gasteiger partial charge in [0.1, 0.15) is 0 Å². The average Bonchev–Trinajstić information content (AvgIpc) is 2.16. The molecule has 1 aliphatic rings. The fraction of sp³-hybridized carbons (Fsp3) is 1.00. The maximum Gasteiger partial charge on any atom is 0.154 e. The molecule has 1 unspecified atom stereocenters. The number of hydrogen-bond acceptors (Lipinski definition) is 2. The Morgan fingerprint density at radius 1 is 1.31 bits per heavy atom. The van der Waals surface area contributed by atoms with Crippen molar-refractivity contribution in [3.63, 3.8) is 0 Å². The second-order valence-electron chi connectivity index (χ2n) is 3.99. The van der Waals surface area contributed by atoms with Crippen molar-refractivity contribution in [2.24, 2.45) is 0 Å². The van der Waals surface area contributed by atoms with Crippen molar-refractivity contribution in [3.05, 3.63) is 0 Å². The first-order valence-electron chi connectivity index (χ1n) is 5.66. The number of ether oxygens (including phenoxy) is 1. The van der Waals surface area contributed by atoms with E-state index in [1.807, 2.05) is 0 Å². The first-order valence-corrected chi connectivity index (χ1v) is 5.66. The predicted molar refractivity (Wildman–Crippen MR) is 53.5 cm³/mol. The van der Waals surface area contributed by atoms with E-state index in [4.69, 9.17) is 4.74 Å². The van der Waals surface area contributed by atoms with Crippen LogP contribution in [0.15, 0.2) is 0 Å². The number of aliphatic hydroxyl groups excluding tert-OH is 1. The van der Waals surface area contributed by atoms with Gasteiger partial charge in [0.2, 0.25) is 0 Å². The largest absolute Gasteiger partial charge is 0.368 e. The van der Waals surface area contributed by atoms with Crippen LogP contribution in [0.2, 0.25) is 0 Å². The van der Waals surface area contributed by atoms with Crippen LogP contribution in [-0.4, -0.2) is 17.5 Å². The number of aliphatic hydroxyl groups is 1. The van der Waals surface area contributed by atoms with Crippen molar-refractivity contribution < 1.29 is 9.84 Å². The van der Waals surface area contributed by atoms with Gasteiger partial charge in [-0.2, -0.15) is 0 Å².